The van der Waals surface area contributed by atoms with Gasteiger partial charge in [0.15, 0.2) is 22.9 Å². The second-order valence-corrected chi connectivity index (χ2v) is 22.4. The third-order valence-corrected chi connectivity index (χ3v) is 17.9. The van der Waals surface area contributed by atoms with Crippen LogP contribution in [-0.4, -0.2) is 70.6 Å². The molecule has 0 radical (unpaired) electrons. The van der Waals surface area contributed by atoms with Crippen molar-refractivity contribution in [1.29, 1.82) is 0 Å². The molecule has 182 valence electrons. The Morgan fingerprint density at radius 3 is 2.00 bits per heavy atom. The van der Waals surface area contributed by atoms with Gasteiger partial charge in [-0.25, -0.2) is 0 Å². The summed E-state index contributed by atoms with van der Waals surface area (Å²) in [6.45, 7) is 15.4. The molecule has 2 fully saturated rings. The summed E-state index contributed by atoms with van der Waals surface area (Å²) in [6, 6.07) is 12.7. The van der Waals surface area contributed by atoms with Crippen molar-refractivity contribution in [2.45, 2.75) is 76.5 Å². The number of hydrogen-bond donors (Lipinski definition) is 0. The lowest BCUT2D eigenvalue weighted by molar-refractivity contribution is -0.214. The highest BCUT2D eigenvalue weighted by atomic mass is 28.5. The van der Waals surface area contributed by atoms with Crippen molar-refractivity contribution in [2.24, 2.45) is 0 Å². The molecule has 0 spiro atoms. The Morgan fingerprint density at radius 2 is 1.47 bits per heavy atom. The standard InChI is InChI=1S/C23H42O6Si3/c1-30(2,17-9-14-24-19-21-20-27-21)28-32(5,22-11-7-6-8-12-22)29-31(3,4)18-10-15-25-23-13-16-26-23/h6-8,11-12,21,23H,9-10,13-20H2,1-5H3. The van der Waals surface area contributed by atoms with Gasteiger partial charge in [-0.3, -0.25) is 0 Å². The predicted octanol–water partition coefficient (Wildman–Crippen LogP) is 4.37. The Bertz CT molecular complexity index is 682. The van der Waals surface area contributed by atoms with Crippen LogP contribution in [0.15, 0.2) is 30.3 Å². The summed E-state index contributed by atoms with van der Waals surface area (Å²) in [7, 11) is -6.42. The van der Waals surface area contributed by atoms with Gasteiger partial charge in [0, 0.05) is 19.6 Å². The molecule has 3 unspecified atom stereocenters. The third-order valence-electron chi connectivity index (χ3n) is 5.90. The van der Waals surface area contributed by atoms with Crippen LogP contribution in [0.1, 0.15) is 19.3 Å². The summed E-state index contributed by atoms with van der Waals surface area (Å²) in [5.41, 5.74) is 0. The number of rotatable bonds is 16. The van der Waals surface area contributed by atoms with Crippen LogP contribution in [0.2, 0.25) is 44.8 Å². The van der Waals surface area contributed by atoms with Crippen LogP contribution >= 0.6 is 0 Å². The summed E-state index contributed by atoms with van der Waals surface area (Å²) in [5.74, 6) is 0. The first kappa shape index (κ1) is 26.2. The molecule has 0 saturated carbocycles. The lowest BCUT2D eigenvalue weighted by atomic mass is 10.3. The van der Waals surface area contributed by atoms with Crippen LogP contribution in [0, 0.1) is 0 Å². The highest BCUT2D eigenvalue weighted by Crippen LogP contribution is 2.27. The molecule has 6 nitrogen and oxygen atoms in total. The quantitative estimate of drug-likeness (QED) is 0.192. The van der Waals surface area contributed by atoms with Crippen molar-refractivity contribution >= 4 is 30.4 Å². The van der Waals surface area contributed by atoms with E-state index in [1.54, 1.807) is 0 Å². The summed E-state index contributed by atoms with van der Waals surface area (Å²) in [6.07, 6.45) is 3.38. The van der Waals surface area contributed by atoms with Gasteiger partial charge in [-0.05, 0) is 62.9 Å². The molecule has 0 N–H and O–H groups in total. The number of ether oxygens (including phenoxy) is 4. The van der Waals surface area contributed by atoms with Gasteiger partial charge in [0.1, 0.15) is 6.10 Å². The van der Waals surface area contributed by atoms with Crippen molar-refractivity contribution in [1.82, 2.24) is 0 Å². The molecule has 9 heteroatoms. The monoisotopic (exact) mass is 498 g/mol. The number of epoxide rings is 1. The largest absolute Gasteiger partial charge is 0.433 e. The SMILES string of the molecule is C[Si](C)(CCCOCC1CO1)O[Si](C)(O[Si](C)(C)CCCOC1CCO1)c1ccccc1. The van der Waals surface area contributed by atoms with Crippen molar-refractivity contribution in [3.63, 3.8) is 0 Å². The second-order valence-electron chi connectivity index (χ2n) is 10.2. The van der Waals surface area contributed by atoms with Crippen LogP contribution in [-0.2, 0) is 27.2 Å². The Morgan fingerprint density at radius 1 is 0.875 bits per heavy atom. The molecule has 3 rings (SSSR count). The van der Waals surface area contributed by atoms with Crippen LogP contribution in [0.4, 0.5) is 0 Å². The van der Waals surface area contributed by atoms with Gasteiger partial charge in [-0.2, -0.15) is 0 Å². The van der Waals surface area contributed by atoms with E-state index in [0.717, 1.165) is 64.4 Å². The molecular weight excluding hydrogens is 457 g/mol. The van der Waals surface area contributed by atoms with Crippen LogP contribution < -0.4 is 5.19 Å². The zero-order chi connectivity index (χ0) is 23.1. The van der Waals surface area contributed by atoms with E-state index in [-0.39, 0.29) is 6.29 Å². The van der Waals surface area contributed by atoms with Crippen molar-refractivity contribution in [2.75, 3.05) is 33.0 Å². The van der Waals surface area contributed by atoms with Gasteiger partial charge in [-0.1, -0.05) is 30.3 Å². The van der Waals surface area contributed by atoms with Gasteiger partial charge >= 0.3 is 8.56 Å². The summed E-state index contributed by atoms with van der Waals surface area (Å²) >= 11 is 0. The third kappa shape index (κ3) is 9.11. The fraction of sp³-hybridized carbons (Fsp3) is 0.739. The van der Waals surface area contributed by atoms with E-state index in [0.29, 0.717) is 6.10 Å². The Kier molecular flexibility index (Phi) is 9.72. The highest BCUT2D eigenvalue weighted by molar-refractivity contribution is 6.94. The maximum Gasteiger partial charge on any atom is 0.348 e. The molecule has 32 heavy (non-hydrogen) atoms. The minimum Gasteiger partial charge on any atom is -0.433 e. The minimum absolute atomic E-state index is 0.0144. The van der Waals surface area contributed by atoms with E-state index in [9.17, 15) is 0 Å². The Labute approximate surface area is 197 Å². The van der Waals surface area contributed by atoms with Crippen molar-refractivity contribution in [3.05, 3.63) is 30.3 Å². The zero-order valence-electron chi connectivity index (χ0n) is 20.6. The number of hydrogen-bond acceptors (Lipinski definition) is 6. The average molecular weight is 499 g/mol. The summed E-state index contributed by atoms with van der Waals surface area (Å²) in [4.78, 5) is 0. The van der Waals surface area contributed by atoms with Gasteiger partial charge < -0.3 is 27.2 Å². The molecule has 2 heterocycles. The molecule has 3 atom stereocenters. The van der Waals surface area contributed by atoms with E-state index in [4.69, 9.17) is 27.2 Å². The van der Waals surface area contributed by atoms with Gasteiger partial charge in [-0.15, -0.1) is 0 Å². The second kappa shape index (κ2) is 11.9. The molecule has 2 aliphatic heterocycles. The van der Waals surface area contributed by atoms with E-state index < -0.39 is 25.2 Å². The first-order chi connectivity index (χ1) is 15.2. The van der Waals surface area contributed by atoms with Gasteiger partial charge in [0.25, 0.3) is 0 Å². The van der Waals surface area contributed by atoms with E-state index in [1.807, 2.05) is 0 Å². The first-order valence-corrected chi connectivity index (χ1v) is 20.6. The lowest BCUT2D eigenvalue weighted by Crippen LogP contribution is -2.61. The fourth-order valence-corrected chi connectivity index (χ4v) is 17.6. The van der Waals surface area contributed by atoms with Crippen LogP contribution in [0.3, 0.4) is 0 Å². The van der Waals surface area contributed by atoms with Crippen molar-refractivity contribution in [3.8, 4) is 0 Å². The topological polar surface area (TPSA) is 58.7 Å². The maximum absolute atomic E-state index is 7.02. The highest BCUT2D eigenvalue weighted by Gasteiger charge is 2.44. The molecule has 1 aromatic carbocycles. The normalized spacial score (nSPS) is 22.9. The fourth-order valence-electron chi connectivity index (χ4n) is 4.07. The molecule has 0 aliphatic carbocycles. The molecule has 1 aromatic rings. The van der Waals surface area contributed by atoms with Crippen molar-refractivity contribution < 1.29 is 27.2 Å². The predicted molar refractivity (Wildman–Crippen MR) is 135 cm³/mol. The van der Waals surface area contributed by atoms with E-state index >= 15 is 0 Å². The smallest absolute Gasteiger partial charge is 0.348 e. The first-order valence-electron chi connectivity index (χ1n) is 12.1. The molecule has 0 bridgehead atoms. The van der Waals surface area contributed by atoms with Gasteiger partial charge in [0.05, 0.1) is 19.8 Å². The summed E-state index contributed by atoms with van der Waals surface area (Å²) < 4.78 is 36.1. The van der Waals surface area contributed by atoms with E-state index in [1.165, 1.54) is 5.19 Å². The Balaban J connectivity index is 1.54. The summed E-state index contributed by atoms with van der Waals surface area (Å²) in [5, 5.41) is 1.22. The molecule has 0 amide bonds. The molecular formula is C23H42O6Si3. The van der Waals surface area contributed by atoms with E-state index in [2.05, 4.69) is 63.1 Å². The molecule has 2 aliphatic rings. The Hall–Kier alpha value is -0.369. The molecule has 2 saturated heterocycles. The van der Waals surface area contributed by atoms with Gasteiger partial charge in [0.2, 0.25) is 0 Å². The van der Waals surface area contributed by atoms with Crippen LogP contribution in [0.5, 0.6) is 0 Å². The molecule has 0 aromatic heterocycles. The average Bonchev–Trinajstić information content (AvgIpc) is 3.50. The van der Waals surface area contributed by atoms with Crippen LogP contribution in [0.25, 0.3) is 0 Å². The minimum atomic E-state index is -2.55. The zero-order valence-corrected chi connectivity index (χ0v) is 23.6. The maximum atomic E-state index is 7.02. The lowest BCUT2D eigenvalue weighted by Gasteiger charge is -2.41. The number of benzene rings is 1.